The molecule has 1 aliphatic heterocycles. The Morgan fingerprint density at radius 3 is 2.16 bits per heavy atom. The fourth-order valence-electron chi connectivity index (χ4n) is 3.32. The minimum Gasteiger partial charge on any atom is -0.154 e. The second-order valence-corrected chi connectivity index (χ2v) is 5.85. The molecular weight excluding hydrogens is 232 g/mol. The zero-order valence-corrected chi connectivity index (χ0v) is 11.6. The highest BCUT2D eigenvalue weighted by atomic mass is 15.3. The van der Waals surface area contributed by atoms with Crippen molar-refractivity contribution in [1.82, 2.24) is 5.43 Å². The highest BCUT2D eigenvalue weighted by Gasteiger charge is 2.24. The molecule has 101 valence electrons. The van der Waals surface area contributed by atoms with Crippen LogP contribution in [0.5, 0.6) is 0 Å². The molecule has 2 aliphatic rings. The van der Waals surface area contributed by atoms with Crippen molar-refractivity contribution in [2.45, 2.75) is 57.8 Å². The molecule has 0 amide bonds. The predicted octanol–water partition coefficient (Wildman–Crippen LogP) is 4.78. The highest BCUT2D eigenvalue weighted by molar-refractivity contribution is 6.07. The molecule has 19 heavy (non-hydrogen) atoms. The van der Waals surface area contributed by atoms with Gasteiger partial charge in [0, 0.05) is 11.5 Å². The van der Waals surface area contributed by atoms with Gasteiger partial charge in [-0.1, -0.05) is 63.1 Å². The van der Waals surface area contributed by atoms with Crippen molar-refractivity contribution < 1.29 is 0 Å². The van der Waals surface area contributed by atoms with Crippen LogP contribution in [0.1, 0.15) is 63.4 Å². The average molecular weight is 255 g/mol. The number of fused-ring (bicyclic) bond motifs is 1. The number of hydrogen-bond acceptors (Lipinski definition) is 1. The second-order valence-electron chi connectivity index (χ2n) is 5.85. The molecule has 1 aromatic rings. The summed E-state index contributed by atoms with van der Waals surface area (Å²) in [5.74, 6) is 0.630. The third kappa shape index (κ3) is 2.99. The van der Waals surface area contributed by atoms with Crippen LogP contribution >= 0.6 is 0 Å². The molecule has 1 radical (unpaired) electrons. The number of nitrogens with zero attached hydrogens (tertiary/aromatic N) is 2. The topological polar surface area (TPSA) is 26.5 Å². The number of benzene rings is 1. The van der Waals surface area contributed by atoms with Crippen molar-refractivity contribution >= 4 is 11.4 Å². The van der Waals surface area contributed by atoms with Crippen LogP contribution in [0.15, 0.2) is 29.4 Å². The third-order valence-corrected chi connectivity index (χ3v) is 4.44. The van der Waals surface area contributed by atoms with Gasteiger partial charge in [-0.15, -0.1) is 0 Å². The maximum Gasteiger partial charge on any atom is 0.0948 e. The largest absolute Gasteiger partial charge is 0.154 e. The van der Waals surface area contributed by atoms with Gasteiger partial charge in [-0.2, -0.15) is 10.5 Å². The lowest BCUT2D eigenvalue weighted by atomic mass is 9.86. The SMILES string of the molecule is c1ccc2c(c1)[N]N=C2C1CCCCCCCCC1. The van der Waals surface area contributed by atoms with Crippen LogP contribution in [0.3, 0.4) is 0 Å². The molecular formula is C17H23N2. The van der Waals surface area contributed by atoms with Crippen LogP contribution in [0, 0.1) is 5.92 Å². The smallest absolute Gasteiger partial charge is 0.0948 e. The molecule has 3 rings (SSSR count). The first-order valence-electron chi connectivity index (χ1n) is 7.83. The summed E-state index contributed by atoms with van der Waals surface area (Å²) in [6.45, 7) is 0. The molecule has 0 atom stereocenters. The summed E-state index contributed by atoms with van der Waals surface area (Å²) < 4.78 is 0. The highest BCUT2D eigenvalue weighted by Crippen LogP contribution is 2.31. The van der Waals surface area contributed by atoms with Crippen molar-refractivity contribution in [3.05, 3.63) is 29.8 Å². The van der Waals surface area contributed by atoms with Gasteiger partial charge in [-0.25, -0.2) is 0 Å². The minimum atomic E-state index is 0.630. The molecule has 0 spiro atoms. The van der Waals surface area contributed by atoms with E-state index in [2.05, 4.69) is 28.7 Å². The van der Waals surface area contributed by atoms with E-state index in [9.17, 15) is 0 Å². The molecule has 0 N–H and O–H groups in total. The van der Waals surface area contributed by atoms with E-state index in [0.717, 1.165) is 5.69 Å². The standard InChI is InChI=1S/C17H23N2/c1-2-4-6-10-14(11-7-5-3-1)17-15-12-8-9-13-16(15)18-19-17/h8-9,12-14H,1-7,10-11H2. The Labute approximate surface area is 116 Å². The van der Waals surface area contributed by atoms with Crippen molar-refractivity contribution in [1.29, 1.82) is 0 Å². The Bertz CT molecular complexity index is 440. The van der Waals surface area contributed by atoms with Gasteiger partial charge in [-0.05, 0) is 18.9 Å². The summed E-state index contributed by atoms with van der Waals surface area (Å²) in [5.41, 5.74) is 7.95. The molecule has 1 fully saturated rings. The maximum absolute atomic E-state index is 4.50. The lowest BCUT2D eigenvalue weighted by Crippen LogP contribution is -2.15. The van der Waals surface area contributed by atoms with Gasteiger partial charge in [0.25, 0.3) is 0 Å². The first-order chi connectivity index (χ1) is 9.45. The van der Waals surface area contributed by atoms with E-state index in [4.69, 9.17) is 0 Å². The van der Waals surface area contributed by atoms with E-state index in [-0.39, 0.29) is 0 Å². The minimum absolute atomic E-state index is 0.630. The van der Waals surface area contributed by atoms with Gasteiger partial charge >= 0.3 is 0 Å². The van der Waals surface area contributed by atoms with Gasteiger partial charge in [-0.3, -0.25) is 0 Å². The number of hydrogen-bond donors (Lipinski definition) is 0. The van der Waals surface area contributed by atoms with Crippen LogP contribution in [0.2, 0.25) is 0 Å². The molecule has 0 unspecified atom stereocenters. The van der Waals surface area contributed by atoms with Gasteiger partial charge in [0.2, 0.25) is 0 Å². The summed E-state index contributed by atoms with van der Waals surface area (Å²) in [7, 11) is 0. The first kappa shape index (κ1) is 12.7. The molecule has 0 bridgehead atoms. The van der Waals surface area contributed by atoms with Crippen molar-refractivity contribution in [2.24, 2.45) is 11.0 Å². The molecule has 2 heteroatoms. The molecule has 1 aromatic carbocycles. The average Bonchev–Trinajstić information content (AvgIpc) is 2.88. The third-order valence-electron chi connectivity index (χ3n) is 4.44. The van der Waals surface area contributed by atoms with Crippen LogP contribution in [0.25, 0.3) is 0 Å². The molecule has 0 saturated heterocycles. The summed E-state index contributed by atoms with van der Waals surface area (Å²) in [5, 5.41) is 4.50. The van der Waals surface area contributed by atoms with Gasteiger partial charge < -0.3 is 0 Å². The van der Waals surface area contributed by atoms with Crippen molar-refractivity contribution in [3.8, 4) is 0 Å². The maximum atomic E-state index is 4.50. The zero-order chi connectivity index (χ0) is 12.9. The van der Waals surface area contributed by atoms with Crippen LogP contribution in [-0.4, -0.2) is 5.71 Å². The molecule has 0 aromatic heterocycles. The molecule has 1 saturated carbocycles. The Hall–Kier alpha value is -1.31. The second kappa shape index (κ2) is 6.23. The van der Waals surface area contributed by atoms with E-state index < -0.39 is 0 Å². The van der Waals surface area contributed by atoms with E-state index in [0.29, 0.717) is 5.92 Å². The first-order valence-corrected chi connectivity index (χ1v) is 7.83. The van der Waals surface area contributed by atoms with E-state index >= 15 is 0 Å². The molecule has 2 nitrogen and oxygen atoms in total. The number of rotatable bonds is 1. The van der Waals surface area contributed by atoms with E-state index in [1.54, 1.807) is 0 Å². The normalized spacial score (nSPS) is 21.4. The Morgan fingerprint density at radius 1 is 0.789 bits per heavy atom. The quantitative estimate of drug-likeness (QED) is 0.690. The fourth-order valence-corrected chi connectivity index (χ4v) is 3.32. The van der Waals surface area contributed by atoms with E-state index in [1.165, 1.54) is 69.1 Å². The molecule has 1 heterocycles. The van der Waals surface area contributed by atoms with Crippen molar-refractivity contribution in [2.75, 3.05) is 0 Å². The van der Waals surface area contributed by atoms with Gasteiger partial charge in [0.1, 0.15) is 0 Å². The lowest BCUT2D eigenvalue weighted by Gasteiger charge is -2.18. The Kier molecular flexibility index (Phi) is 4.16. The van der Waals surface area contributed by atoms with Gasteiger partial charge in [0.05, 0.1) is 11.4 Å². The summed E-state index contributed by atoms with van der Waals surface area (Å²) in [6, 6.07) is 8.42. The monoisotopic (exact) mass is 255 g/mol. The summed E-state index contributed by atoms with van der Waals surface area (Å²) >= 11 is 0. The van der Waals surface area contributed by atoms with E-state index in [1.807, 2.05) is 6.07 Å². The van der Waals surface area contributed by atoms with Crippen LogP contribution in [0.4, 0.5) is 5.69 Å². The van der Waals surface area contributed by atoms with Crippen LogP contribution < -0.4 is 5.43 Å². The summed E-state index contributed by atoms with van der Waals surface area (Å²) in [6.07, 6.45) is 12.3. The fraction of sp³-hybridized carbons (Fsp3) is 0.588. The van der Waals surface area contributed by atoms with Crippen molar-refractivity contribution in [3.63, 3.8) is 0 Å². The lowest BCUT2D eigenvalue weighted by molar-refractivity contribution is 0.460. The predicted molar refractivity (Wildman–Crippen MR) is 79.8 cm³/mol. The van der Waals surface area contributed by atoms with Gasteiger partial charge in [0.15, 0.2) is 0 Å². The Morgan fingerprint density at radius 2 is 1.42 bits per heavy atom. The van der Waals surface area contributed by atoms with Crippen LogP contribution in [-0.2, 0) is 0 Å². The molecule has 1 aliphatic carbocycles. The summed E-state index contributed by atoms with van der Waals surface area (Å²) in [4.78, 5) is 0. The zero-order valence-electron chi connectivity index (χ0n) is 11.6. The Balaban J connectivity index is 1.72.